The number of thioether (sulfide) groups is 1. The Balaban J connectivity index is 1.37. The van der Waals surface area contributed by atoms with Crippen LogP contribution >= 0.6 is 23.1 Å². The number of anilines is 1. The molecule has 7 heteroatoms. The molecule has 0 fully saturated rings. The lowest BCUT2D eigenvalue weighted by atomic mass is 9.72. The maximum atomic E-state index is 12.5. The van der Waals surface area contributed by atoms with Crippen LogP contribution in [0.4, 0.5) is 5.00 Å². The molecule has 3 aromatic rings. The molecular weight excluding hydrogens is 414 g/mol. The van der Waals surface area contributed by atoms with E-state index in [1.807, 2.05) is 24.3 Å². The molecule has 1 aliphatic rings. The van der Waals surface area contributed by atoms with E-state index < -0.39 is 0 Å². The van der Waals surface area contributed by atoms with Crippen molar-refractivity contribution in [3.63, 3.8) is 0 Å². The lowest BCUT2D eigenvalue weighted by Gasteiger charge is -2.33. The summed E-state index contributed by atoms with van der Waals surface area (Å²) in [4.78, 5) is 18.2. The van der Waals surface area contributed by atoms with Crippen molar-refractivity contribution in [2.45, 2.75) is 51.7 Å². The Labute approximate surface area is 184 Å². The van der Waals surface area contributed by atoms with Crippen LogP contribution in [0.5, 0.6) is 0 Å². The van der Waals surface area contributed by atoms with Crippen LogP contribution in [0, 0.1) is 22.7 Å². The second-order valence-corrected chi connectivity index (χ2v) is 10.9. The average molecular weight is 440 g/mol. The Hall–Kier alpha value is -2.30. The van der Waals surface area contributed by atoms with Gasteiger partial charge in [-0.2, -0.15) is 5.26 Å². The first-order valence-electron chi connectivity index (χ1n) is 10.2. The summed E-state index contributed by atoms with van der Waals surface area (Å²) < 4.78 is 5.68. The van der Waals surface area contributed by atoms with Gasteiger partial charge in [0.25, 0.3) is 5.22 Å². The zero-order chi connectivity index (χ0) is 21.3. The fraction of sp³-hybridized carbons (Fsp3) is 0.435. The Kier molecular flexibility index (Phi) is 5.90. The largest absolute Gasteiger partial charge is 0.431 e. The van der Waals surface area contributed by atoms with Gasteiger partial charge in [-0.05, 0) is 48.3 Å². The van der Waals surface area contributed by atoms with Crippen molar-refractivity contribution < 1.29 is 9.21 Å². The molecule has 0 spiro atoms. The van der Waals surface area contributed by atoms with Gasteiger partial charge in [-0.25, -0.2) is 4.98 Å². The zero-order valence-corrected chi connectivity index (χ0v) is 19.1. The summed E-state index contributed by atoms with van der Waals surface area (Å²) in [6.07, 6.45) is 3.33. The van der Waals surface area contributed by atoms with Crippen LogP contribution in [0.2, 0.25) is 0 Å². The molecular formula is C23H25N3O2S2. The van der Waals surface area contributed by atoms with Gasteiger partial charge in [0.15, 0.2) is 5.58 Å². The first-order chi connectivity index (χ1) is 14.3. The van der Waals surface area contributed by atoms with E-state index in [1.165, 1.54) is 16.6 Å². The molecule has 0 radical (unpaired) electrons. The molecule has 1 unspecified atom stereocenters. The molecule has 2 aromatic heterocycles. The normalized spacial score (nSPS) is 16.3. The molecule has 1 atom stereocenters. The highest BCUT2D eigenvalue weighted by atomic mass is 32.2. The van der Waals surface area contributed by atoms with Crippen LogP contribution in [-0.4, -0.2) is 16.6 Å². The zero-order valence-electron chi connectivity index (χ0n) is 17.4. The average Bonchev–Trinajstić information content (AvgIpc) is 3.26. The molecule has 4 rings (SSSR count). The minimum atomic E-state index is -0.0823. The molecule has 0 saturated carbocycles. The fourth-order valence-electron chi connectivity index (χ4n) is 3.86. The molecule has 30 heavy (non-hydrogen) atoms. The van der Waals surface area contributed by atoms with E-state index in [4.69, 9.17) is 4.42 Å². The number of benzene rings is 1. The maximum absolute atomic E-state index is 12.5. The number of nitrogens with zero attached hydrogens (tertiary/aromatic N) is 2. The Morgan fingerprint density at radius 1 is 1.40 bits per heavy atom. The number of hydrogen-bond donors (Lipinski definition) is 1. The highest BCUT2D eigenvalue weighted by molar-refractivity contribution is 7.99. The van der Waals surface area contributed by atoms with Crippen LogP contribution in [0.3, 0.4) is 0 Å². The van der Waals surface area contributed by atoms with Crippen LogP contribution < -0.4 is 5.32 Å². The molecule has 1 amide bonds. The number of hydrogen-bond acceptors (Lipinski definition) is 6. The number of para-hydroxylation sites is 2. The van der Waals surface area contributed by atoms with Crippen molar-refractivity contribution in [3.8, 4) is 6.07 Å². The standard InChI is InChI=1S/C23H25N3O2S2/c1-23(2,3)14-8-9-15-16(13-24)21(30-19(15)12-14)26-20(27)10-11-29-22-25-17-6-4-5-7-18(17)28-22/h4-7,14H,8-12H2,1-3H3,(H,26,27). The highest BCUT2D eigenvalue weighted by Gasteiger charge is 2.32. The summed E-state index contributed by atoms with van der Waals surface area (Å²) >= 11 is 3.00. The van der Waals surface area contributed by atoms with Gasteiger partial charge in [0.05, 0.1) is 5.56 Å². The van der Waals surface area contributed by atoms with Gasteiger partial charge in [-0.15, -0.1) is 11.3 Å². The highest BCUT2D eigenvalue weighted by Crippen LogP contribution is 2.44. The van der Waals surface area contributed by atoms with Gasteiger partial charge in [-0.3, -0.25) is 4.79 Å². The molecule has 1 aromatic carbocycles. The number of nitrogens with one attached hydrogen (secondary N) is 1. The number of thiophene rings is 1. The second kappa shape index (κ2) is 8.44. The van der Waals surface area contributed by atoms with E-state index in [0.29, 0.717) is 33.9 Å². The number of carbonyl (C=O) groups is 1. The van der Waals surface area contributed by atoms with Crippen molar-refractivity contribution in [1.82, 2.24) is 4.98 Å². The van der Waals surface area contributed by atoms with E-state index in [2.05, 4.69) is 37.1 Å². The van der Waals surface area contributed by atoms with E-state index in [1.54, 1.807) is 11.3 Å². The van der Waals surface area contributed by atoms with Crippen LogP contribution in [0.1, 0.15) is 49.6 Å². The van der Waals surface area contributed by atoms with E-state index in [0.717, 1.165) is 35.9 Å². The molecule has 0 bridgehead atoms. The smallest absolute Gasteiger partial charge is 0.256 e. The van der Waals surface area contributed by atoms with Crippen LogP contribution in [0.15, 0.2) is 33.9 Å². The number of carbonyl (C=O) groups excluding carboxylic acids is 1. The summed E-state index contributed by atoms with van der Waals surface area (Å²) in [6.45, 7) is 6.83. The van der Waals surface area contributed by atoms with Gasteiger partial charge in [0.1, 0.15) is 16.6 Å². The van der Waals surface area contributed by atoms with Crippen molar-refractivity contribution in [2.75, 3.05) is 11.1 Å². The number of fused-ring (bicyclic) bond motifs is 2. The number of amides is 1. The second-order valence-electron chi connectivity index (χ2n) is 8.72. The Morgan fingerprint density at radius 2 is 2.20 bits per heavy atom. The summed E-state index contributed by atoms with van der Waals surface area (Å²) in [5, 5.41) is 13.9. The molecule has 1 aliphatic carbocycles. The predicted octanol–water partition coefficient (Wildman–Crippen LogP) is 6.03. The minimum absolute atomic E-state index is 0.0823. The fourth-order valence-corrected chi connectivity index (χ4v) is 5.93. The van der Waals surface area contributed by atoms with E-state index >= 15 is 0 Å². The Bertz CT molecular complexity index is 1080. The summed E-state index contributed by atoms with van der Waals surface area (Å²) in [7, 11) is 0. The lowest BCUT2D eigenvalue weighted by Crippen LogP contribution is -2.26. The van der Waals surface area contributed by atoms with Crippen molar-refractivity contribution >= 4 is 45.1 Å². The topological polar surface area (TPSA) is 78.9 Å². The van der Waals surface area contributed by atoms with E-state index in [-0.39, 0.29) is 11.3 Å². The van der Waals surface area contributed by atoms with Gasteiger partial charge >= 0.3 is 0 Å². The van der Waals surface area contributed by atoms with Crippen LogP contribution in [0.25, 0.3) is 11.1 Å². The summed E-state index contributed by atoms with van der Waals surface area (Å²) in [6, 6.07) is 9.94. The molecule has 156 valence electrons. The lowest BCUT2D eigenvalue weighted by molar-refractivity contribution is -0.115. The summed E-state index contributed by atoms with van der Waals surface area (Å²) in [5.74, 6) is 1.09. The van der Waals surface area contributed by atoms with Crippen LogP contribution in [-0.2, 0) is 17.6 Å². The summed E-state index contributed by atoms with van der Waals surface area (Å²) in [5.41, 5.74) is 3.61. The van der Waals surface area contributed by atoms with E-state index in [9.17, 15) is 10.1 Å². The SMILES string of the molecule is CC(C)(C)C1CCc2c(sc(NC(=O)CCSc3nc4ccccc4o3)c2C#N)C1. The quantitative estimate of drug-likeness (QED) is 0.491. The van der Waals surface area contributed by atoms with Crippen molar-refractivity contribution in [3.05, 3.63) is 40.3 Å². The molecule has 2 heterocycles. The van der Waals surface area contributed by atoms with Gasteiger partial charge in [0, 0.05) is 17.1 Å². The molecule has 0 saturated heterocycles. The van der Waals surface area contributed by atoms with Gasteiger partial charge in [-0.1, -0.05) is 44.7 Å². The number of rotatable bonds is 5. The molecule has 0 aliphatic heterocycles. The monoisotopic (exact) mass is 439 g/mol. The third-order valence-corrected chi connectivity index (χ3v) is 7.68. The third kappa shape index (κ3) is 4.40. The minimum Gasteiger partial charge on any atom is -0.431 e. The first-order valence-corrected chi connectivity index (χ1v) is 12.0. The molecule has 5 nitrogen and oxygen atoms in total. The Morgan fingerprint density at radius 3 is 2.93 bits per heavy atom. The number of nitriles is 1. The predicted molar refractivity (Wildman–Crippen MR) is 122 cm³/mol. The van der Waals surface area contributed by atoms with Gasteiger partial charge < -0.3 is 9.73 Å². The third-order valence-electron chi connectivity index (χ3n) is 5.68. The van der Waals surface area contributed by atoms with Gasteiger partial charge in [0.2, 0.25) is 5.91 Å². The first kappa shape index (κ1) is 21.0. The number of aromatic nitrogens is 1. The number of oxazole rings is 1. The van der Waals surface area contributed by atoms with Crippen molar-refractivity contribution in [2.24, 2.45) is 11.3 Å². The molecule has 1 N–H and O–H groups in total. The maximum Gasteiger partial charge on any atom is 0.256 e. The van der Waals surface area contributed by atoms with Crippen molar-refractivity contribution in [1.29, 1.82) is 5.26 Å².